The van der Waals surface area contributed by atoms with Gasteiger partial charge in [-0.3, -0.25) is 4.79 Å². The first-order valence-electron chi connectivity index (χ1n) is 5.31. The van der Waals surface area contributed by atoms with Crippen molar-refractivity contribution in [3.05, 3.63) is 22.2 Å². The Bertz CT molecular complexity index is 421. The highest BCUT2D eigenvalue weighted by Crippen LogP contribution is 2.25. The van der Waals surface area contributed by atoms with E-state index in [0.29, 0.717) is 11.0 Å². The summed E-state index contributed by atoms with van der Waals surface area (Å²) in [5.74, 6) is 0.115. The Morgan fingerprint density at radius 3 is 2.88 bits per heavy atom. The Morgan fingerprint density at radius 1 is 1.38 bits per heavy atom. The van der Waals surface area contributed by atoms with Gasteiger partial charge in [-0.2, -0.15) is 0 Å². The van der Waals surface area contributed by atoms with Gasteiger partial charge in [0.1, 0.15) is 17.4 Å². The average Bonchev–Trinajstić information content (AvgIpc) is 2.29. The van der Waals surface area contributed by atoms with E-state index in [1.807, 2.05) is 0 Å². The van der Waals surface area contributed by atoms with E-state index in [-0.39, 0.29) is 12.4 Å². The standard InChI is InChI=1S/C11H13ClN2O2/c1-16-10(15)6-9-13-8-5-3-2-4-7(8)11(12)14-9/h2-6H2,1H3. The van der Waals surface area contributed by atoms with Gasteiger partial charge in [0.15, 0.2) is 0 Å². The fourth-order valence-corrected chi connectivity index (χ4v) is 2.18. The first-order valence-corrected chi connectivity index (χ1v) is 5.69. The number of aryl methyl sites for hydroxylation is 1. The van der Waals surface area contributed by atoms with Crippen molar-refractivity contribution in [3.63, 3.8) is 0 Å². The zero-order valence-electron chi connectivity index (χ0n) is 9.12. The van der Waals surface area contributed by atoms with Crippen molar-refractivity contribution in [2.75, 3.05) is 7.11 Å². The van der Waals surface area contributed by atoms with Crippen molar-refractivity contribution < 1.29 is 9.53 Å². The Morgan fingerprint density at radius 2 is 2.12 bits per heavy atom. The summed E-state index contributed by atoms with van der Waals surface area (Å²) in [6, 6.07) is 0. The molecule has 1 aromatic rings. The molecule has 0 aromatic carbocycles. The minimum Gasteiger partial charge on any atom is -0.469 e. The molecule has 0 aliphatic heterocycles. The van der Waals surface area contributed by atoms with Crippen LogP contribution in [0.25, 0.3) is 0 Å². The molecular weight excluding hydrogens is 228 g/mol. The van der Waals surface area contributed by atoms with E-state index >= 15 is 0 Å². The van der Waals surface area contributed by atoms with Crippen LogP contribution in [0, 0.1) is 0 Å². The number of esters is 1. The maximum atomic E-state index is 11.1. The van der Waals surface area contributed by atoms with Crippen molar-refractivity contribution in [2.45, 2.75) is 32.1 Å². The number of aromatic nitrogens is 2. The molecule has 1 aromatic heterocycles. The predicted molar refractivity (Wildman–Crippen MR) is 59.4 cm³/mol. The van der Waals surface area contributed by atoms with Gasteiger partial charge < -0.3 is 4.74 Å². The molecule has 0 fully saturated rings. The molecule has 4 nitrogen and oxygen atoms in total. The second kappa shape index (κ2) is 4.78. The fraction of sp³-hybridized carbons (Fsp3) is 0.545. The number of methoxy groups -OCH3 is 1. The Kier molecular flexibility index (Phi) is 3.39. The number of hydrogen-bond donors (Lipinski definition) is 0. The summed E-state index contributed by atoms with van der Waals surface area (Å²) in [6.07, 6.45) is 4.20. The van der Waals surface area contributed by atoms with Crippen LogP contribution < -0.4 is 0 Å². The van der Waals surface area contributed by atoms with Crippen molar-refractivity contribution >= 4 is 17.6 Å². The summed E-state index contributed by atoms with van der Waals surface area (Å²) in [4.78, 5) is 19.6. The van der Waals surface area contributed by atoms with Gasteiger partial charge in [-0.1, -0.05) is 11.6 Å². The molecule has 16 heavy (non-hydrogen) atoms. The van der Waals surface area contributed by atoms with Gasteiger partial charge in [-0.15, -0.1) is 0 Å². The summed E-state index contributed by atoms with van der Waals surface area (Å²) in [6.45, 7) is 0. The van der Waals surface area contributed by atoms with Gasteiger partial charge in [0.05, 0.1) is 7.11 Å². The van der Waals surface area contributed by atoms with Crippen LogP contribution in [0.2, 0.25) is 5.15 Å². The van der Waals surface area contributed by atoms with Gasteiger partial charge in [-0.25, -0.2) is 9.97 Å². The first kappa shape index (κ1) is 11.3. The van der Waals surface area contributed by atoms with Crippen LogP contribution in [-0.4, -0.2) is 23.0 Å². The summed E-state index contributed by atoms with van der Waals surface area (Å²) in [5.41, 5.74) is 2.03. The van der Waals surface area contributed by atoms with Gasteiger partial charge in [0, 0.05) is 11.3 Å². The van der Waals surface area contributed by atoms with E-state index in [4.69, 9.17) is 11.6 Å². The number of nitrogens with zero attached hydrogens (tertiary/aromatic N) is 2. The molecule has 86 valence electrons. The molecule has 0 N–H and O–H groups in total. The van der Waals surface area contributed by atoms with E-state index in [9.17, 15) is 4.79 Å². The number of hydrogen-bond acceptors (Lipinski definition) is 4. The number of fused-ring (bicyclic) bond motifs is 1. The zero-order valence-corrected chi connectivity index (χ0v) is 9.88. The molecule has 0 unspecified atom stereocenters. The van der Waals surface area contributed by atoms with Gasteiger partial charge in [0.25, 0.3) is 0 Å². The first-order chi connectivity index (χ1) is 7.70. The summed E-state index contributed by atoms with van der Waals surface area (Å²) in [5, 5.41) is 0.489. The monoisotopic (exact) mass is 240 g/mol. The number of ether oxygens (including phenoxy) is 1. The Balaban J connectivity index is 2.28. The van der Waals surface area contributed by atoms with E-state index in [2.05, 4.69) is 14.7 Å². The van der Waals surface area contributed by atoms with E-state index in [1.54, 1.807) is 0 Å². The van der Waals surface area contributed by atoms with E-state index in [0.717, 1.165) is 36.9 Å². The molecule has 1 aliphatic rings. The largest absolute Gasteiger partial charge is 0.469 e. The van der Waals surface area contributed by atoms with Gasteiger partial charge in [0.2, 0.25) is 0 Å². The van der Waals surface area contributed by atoms with Crippen LogP contribution in [0.1, 0.15) is 29.9 Å². The van der Waals surface area contributed by atoms with Crippen molar-refractivity contribution in [2.24, 2.45) is 0 Å². The second-order valence-corrected chi connectivity index (χ2v) is 4.17. The molecule has 0 amide bonds. The third kappa shape index (κ3) is 2.32. The van der Waals surface area contributed by atoms with Crippen LogP contribution in [0.3, 0.4) is 0 Å². The fourth-order valence-electron chi connectivity index (χ4n) is 1.88. The highest BCUT2D eigenvalue weighted by atomic mass is 35.5. The maximum Gasteiger partial charge on any atom is 0.313 e. The van der Waals surface area contributed by atoms with Crippen LogP contribution >= 0.6 is 11.6 Å². The number of rotatable bonds is 2. The molecule has 0 saturated heterocycles. The maximum absolute atomic E-state index is 11.1. The second-order valence-electron chi connectivity index (χ2n) is 3.82. The van der Waals surface area contributed by atoms with Crippen LogP contribution in [0.15, 0.2) is 0 Å². The lowest BCUT2D eigenvalue weighted by Gasteiger charge is -2.16. The molecule has 0 atom stereocenters. The quantitative estimate of drug-likeness (QED) is 0.584. The third-order valence-corrected chi connectivity index (χ3v) is 3.02. The number of halogens is 1. The zero-order chi connectivity index (χ0) is 11.5. The van der Waals surface area contributed by atoms with E-state index in [1.165, 1.54) is 7.11 Å². The van der Waals surface area contributed by atoms with Gasteiger partial charge in [-0.05, 0) is 25.7 Å². The Hall–Kier alpha value is -1.16. The predicted octanol–water partition coefficient (Wildman–Crippen LogP) is 1.72. The number of carbonyl (C=O) groups is 1. The molecule has 5 heteroatoms. The highest BCUT2D eigenvalue weighted by molar-refractivity contribution is 6.30. The summed E-state index contributed by atoms with van der Waals surface area (Å²) in [7, 11) is 1.35. The van der Waals surface area contributed by atoms with Crippen LogP contribution in [0.5, 0.6) is 0 Å². The van der Waals surface area contributed by atoms with E-state index < -0.39 is 0 Å². The highest BCUT2D eigenvalue weighted by Gasteiger charge is 2.17. The normalized spacial score (nSPS) is 14.4. The molecule has 2 rings (SSSR count). The molecule has 1 heterocycles. The van der Waals surface area contributed by atoms with Gasteiger partial charge >= 0.3 is 5.97 Å². The SMILES string of the molecule is COC(=O)Cc1nc(Cl)c2c(n1)CCCC2. The summed E-state index contributed by atoms with van der Waals surface area (Å²) >= 11 is 6.07. The smallest absolute Gasteiger partial charge is 0.313 e. The molecule has 0 bridgehead atoms. The minimum atomic E-state index is -0.341. The molecular formula is C11H13ClN2O2. The Labute approximate surface area is 99.0 Å². The molecule has 0 saturated carbocycles. The third-order valence-electron chi connectivity index (χ3n) is 2.71. The number of carbonyl (C=O) groups excluding carboxylic acids is 1. The summed E-state index contributed by atoms with van der Waals surface area (Å²) < 4.78 is 4.58. The van der Waals surface area contributed by atoms with Crippen molar-refractivity contribution in [1.82, 2.24) is 9.97 Å². The molecule has 0 radical (unpaired) electrons. The molecule has 1 aliphatic carbocycles. The van der Waals surface area contributed by atoms with Crippen molar-refractivity contribution in [3.8, 4) is 0 Å². The van der Waals surface area contributed by atoms with Crippen molar-refractivity contribution in [1.29, 1.82) is 0 Å². The lowest BCUT2D eigenvalue weighted by molar-refractivity contribution is -0.139. The topological polar surface area (TPSA) is 52.1 Å². The minimum absolute atomic E-state index is 0.0868. The lowest BCUT2D eigenvalue weighted by atomic mass is 9.97. The lowest BCUT2D eigenvalue weighted by Crippen LogP contribution is -2.14. The van der Waals surface area contributed by atoms with Crippen LogP contribution in [-0.2, 0) is 28.8 Å². The average molecular weight is 241 g/mol. The molecule has 0 spiro atoms. The van der Waals surface area contributed by atoms with Crippen LogP contribution in [0.4, 0.5) is 0 Å².